The number of nitrogens with zero attached hydrogens (tertiary/aromatic N) is 1. The van der Waals surface area contributed by atoms with Gasteiger partial charge in [-0.2, -0.15) is 5.26 Å². The van der Waals surface area contributed by atoms with Crippen molar-refractivity contribution in [2.45, 2.75) is 6.92 Å². The van der Waals surface area contributed by atoms with Crippen molar-refractivity contribution in [2.24, 2.45) is 0 Å². The average molecular weight is 320 g/mol. The van der Waals surface area contributed by atoms with Crippen LogP contribution in [0.25, 0.3) is 6.08 Å². The molecule has 5 heteroatoms. The lowest BCUT2D eigenvalue weighted by atomic mass is 10.1. The van der Waals surface area contributed by atoms with Gasteiger partial charge >= 0.3 is 0 Å². The van der Waals surface area contributed by atoms with Gasteiger partial charge in [-0.3, -0.25) is 9.59 Å². The number of allylic oxidation sites excluding steroid dienone is 1. The Morgan fingerprint density at radius 2 is 2.00 bits per heavy atom. The number of amides is 1. The first-order valence-electron chi connectivity index (χ1n) is 7.21. The largest absolute Gasteiger partial charge is 0.495 e. The van der Waals surface area contributed by atoms with E-state index in [0.717, 1.165) is 5.56 Å². The molecular weight excluding hydrogens is 304 g/mol. The molecule has 0 saturated heterocycles. The minimum Gasteiger partial charge on any atom is -0.495 e. The number of ketones is 1. The number of hydrogen-bond donors (Lipinski definition) is 1. The SMILES string of the molecule is COc1ccc(C(=O)C=Cc2cccc(C#N)c2)cc1NC(C)=O. The van der Waals surface area contributed by atoms with Gasteiger partial charge in [-0.05, 0) is 42.0 Å². The summed E-state index contributed by atoms with van der Waals surface area (Å²) in [5.74, 6) is 0.0147. The third-order valence-corrected chi connectivity index (χ3v) is 3.24. The first kappa shape index (κ1) is 17.0. The summed E-state index contributed by atoms with van der Waals surface area (Å²) >= 11 is 0. The molecule has 0 fully saturated rings. The molecule has 0 atom stereocenters. The fourth-order valence-corrected chi connectivity index (χ4v) is 2.13. The number of hydrogen-bond acceptors (Lipinski definition) is 4. The van der Waals surface area contributed by atoms with Crippen LogP contribution in [0.2, 0.25) is 0 Å². The molecular formula is C19H16N2O3. The first-order chi connectivity index (χ1) is 11.5. The van der Waals surface area contributed by atoms with Crippen molar-refractivity contribution in [3.63, 3.8) is 0 Å². The molecule has 0 aliphatic rings. The number of nitrogens with one attached hydrogen (secondary N) is 1. The Balaban J connectivity index is 2.24. The number of benzene rings is 2. The summed E-state index contributed by atoms with van der Waals surface area (Å²) in [6, 6.07) is 13.8. The Bertz CT molecular complexity index is 848. The molecule has 5 nitrogen and oxygen atoms in total. The van der Waals surface area contributed by atoms with Crippen LogP contribution in [-0.4, -0.2) is 18.8 Å². The zero-order valence-corrected chi connectivity index (χ0v) is 13.4. The normalized spacial score (nSPS) is 10.2. The maximum absolute atomic E-state index is 12.3. The van der Waals surface area contributed by atoms with E-state index in [4.69, 9.17) is 10.00 Å². The van der Waals surface area contributed by atoms with Gasteiger partial charge in [0, 0.05) is 12.5 Å². The zero-order chi connectivity index (χ0) is 17.5. The average Bonchev–Trinajstić information content (AvgIpc) is 2.59. The van der Waals surface area contributed by atoms with E-state index < -0.39 is 0 Å². The smallest absolute Gasteiger partial charge is 0.221 e. The highest BCUT2D eigenvalue weighted by Crippen LogP contribution is 2.26. The fraction of sp³-hybridized carbons (Fsp3) is 0.105. The molecule has 0 radical (unpaired) electrons. The summed E-state index contributed by atoms with van der Waals surface area (Å²) in [4.78, 5) is 23.5. The number of methoxy groups -OCH3 is 1. The summed E-state index contributed by atoms with van der Waals surface area (Å²) in [5, 5.41) is 11.5. The maximum Gasteiger partial charge on any atom is 0.221 e. The van der Waals surface area contributed by atoms with Crippen molar-refractivity contribution in [3.05, 3.63) is 65.2 Å². The lowest BCUT2D eigenvalue weighted by Gasteiger charge is -2.09. The Hall–Kier alpha value is -3.39. The monoisotopic (exact) mass is 320 g/mol. The topological polar surface area (TPSA) is 79.2 Å². The van der Waals surface area contributed by atoms with Crippen LogP contribution >= 0.6 is 0 Å². The number of carbonyl (C=O) groups excluding carboxylic acids is 2. The van der Waals surface area contributed by atoms with Gasteiger partial charge in [-0.1, -0.05) is 18.2 Å². The van der Waals surface area contributed by atoms with E-state index in [0.29, 0.717) is 22.6 Å². The zero-order valence-electron chi connectivity index (χ0n) is 13.4. The van der Waals surface area contributed by atoms with Crippen molar-refractivity contribution >= 4 is 23.5 Å². The second-order valence-electron chi connectivity index (χ2n) is 5.03. The molecule has 2 rings (SSSR count). The molecule has 0 bridgehead atoms. The van der Waals surface area contributed by atoms with Crippen molar-refractivity contribution in [3.8, 4) is 11.8 Å². The molecule has 24 heavy (non-hydrogen) atoms. The van der Waals surface area contributed by atoms with Crippen molar-refractivity contribution in [2.75, 3.05) is 12.4 Å². The van der Waals surface area contributed by atoms with Gasteiger partial charge in [0.1, 0.15) is 5.75 Å². The van der Waals surface area contributed by atoms with Gasteiger partial charge in [0.15, 0.2) is 5.78 Å². The minimum absolute atomic E-state index is 0.216. The lowest BCUT2D eigenvalue weighted by Crippen LogP contribution is -2.08. The van der Waals surface area contributed by atoms with Crippen LogP contribution in [0.5, 0.6) is 5.75 Å². The van der Waals surface area contributed by atoms with Crippen LogP contribution in [0.15, 0.2) is 48.5 Å². The quantitative estimate of drug-likeness (QED) is 0.676. The van der Waals surface area contributed by atoms with E-state index in [1.54, 1.807) is 48.5 Å². The highest BCUT2D eigenvalue weighted by Gasteiger charge is 2.09. The van der Waals surface area contributed by atoms with E-state index in [-0.39, 0.29) is 11.7 Å². The maximum atomic E-state index is 12.3. The molecule has 2 aromatic carbocycles. The van der Waals surface area contributed by atoms with Crippen LogP contribution < -0.4 is 10.1 Å². The van der Waals surface area contributed by atoms with Crippen LogP contribution in [0.1, 0.15) is 28.4 Å². The predicted octanol–water partition coefficient (Wildman–Crippen LogP) is 3.42. The molecule has 0 aromatic heterocycles. The van der Waals surface area contributed by atoms with Crippen molar-refractivity contribution in [1.82, 2.24) is 0 Å². The van der Waals surface area contributed by atoms with E-state index in [2.05, 4.69) is 11.4 Å². The van der Waals surface area contributed by atoms with Gasteiger partial charge in [0.2, 0.25) is 5.91 Å². The second-order valence-corrected chi connectivity index (χ2v) is 5.03. The summed E-state index contributed by atoms with van der Waals surface area (Å²) < 4.78 is 5.16. The minimum atomic E-state index is -0.248. The number of anilines is 1. The van der Waals surface area contributed by atoms with Crippen molar-refractivity contribution < 1.29 is 14.3 Å². The van der Waals surface area contributed by atoms with Crippen LogP contribution in [0, 0.1) is 11.3 Å². The molecule has 1 N–H and O–H groups in total. The number of ether oxygens (including phenoxy) is 1. The third kappa shape index (κ3) is 4.31. The molecule has 0 unspecified atom stereocenters. The second kappa shape index (κ2) is 7.75. The summed E-state index contributed by atoms with van der Waals surface area (Å²) in [6.07, 6.45) is 3.07. The van der Waals surface area contributed by atoms with Gasteiger partial charge in [0.05, 0.1) is 24.4 Å². The fourth-order valence-electron chi connectivity index (χ4n) is 2.13. The Labute approximate surface area is 140 Å². The lowest BCUT2D eigenvalue weighted by molar-refractivity contribution is -0.114. The Kier molecular flexibility index (Phi) is 5.48. The summed E-state index contributed by atoms with van der Waals surface area (Å²) in [6.45, 7) is 1.38. The standard InChI is InChI=1S/C19H16N2O3/c1-13(22)21-17-11-16(7-9-19(17)24-2)18(23)8-6-14-4-3-5-15(10-14)12-20/h3-11H,1-2H3,(H,21,22). The van der Waals surface area contributed by atoms with E-state index in [1.165, 1.54) is 20.1 Å². The summed E-state index contributed by atoms with van der Waals surface area (Å²) in [7, 11) is 1.49. The highest BCUT2D eigenvalue weighted by atomic mass is 16.5. The summed E-state index contributed by atoms with van der Waals surface area (Å²) in [5.41, 5.74) is 2.16. The molecule has 0 heterocycles. The molecule has 0 saturated carbocycles. The van der Waals surface area contributed by atoms with Crippen LogP contribution in [0.3, 0.4) is 0 Å². The third-order valence-electron chi connectivity index (χ3n) is 3.24. The molecule has 2 aromatic rings. The van der Waals surface area contributed by atoms with Gasteiger partial charge < -0.3 is 10.1 Å². The predicted molar refractivity (Wildman–Crippen MR) is 91.8 cm³/mol. The highest BCUT2D eigenvalue weighted by molar-refractivity contribution is 6.08. The molecule has 1 amide bonds. The van der Waals surface area contributed by atoms with Gasteiger partial charge in [0.25, 0.3) is 0 Å². The number of nitriles is 1. The molecule has 0 aliphatic carbocycles. The van der Waals surface area contributed by atoms with E-state index in [1.807, 2.05) is 0 Å². The van der Waals surface area contributed by atoms with Crippen molar-refractivity contribution in [1.29, 1.82) is 5.26 Å². The first-order valence-corrected chi connectivity index (χ1v) is 7.21. The molecule has 120 valence electrons. The van der Waals surface area contributed by atoms with E-state index in [9.17, 15) is 9.59 Å². The van der Waals surface area contributed by atoms with Crippen LogP contribution in [0.4, 0.5) is 5.69 Å². The molecule has 0 spiro atoms. The Morgan fingerprint density at radius 1 is 1.21 bits per heavy atom. The van der Waals surface area contributed by atoms with Gasteiger partial charge in [-0.25, -0.2) is 0 Å². The number of carbonyl (C=O) groups is 2. The van der Waals surface area contributed by atoms with E-state index >= 15 is 0 Å². The Morgan fingerprint density at radius 3 is 2.67 bits per heavy atom. The number of rotatable bonds is 5. The van der Waals surface area contributed by atoms with Gasteiger partial charge in [-0.15, -0.1) is 0 Å². The molecule has 0 aliphatic heterocycles. The van der Waals surface area contributed by atoms with Crippen LogP contribution in [-0.2, 0) is 4.79 Å².